The fraction of sp³-hybridized carbons (Fsp3) is 0.786. The number of imidazole rings is 1. The van der Waals surface area contributed by atoms with Crippen LogP contribution < -0.4 is 0 Å². The maximum Gasteiger partial charge on any atom is 0.106 e. The Kier molecular flexibility index (Phi) is 5.36. The molecule has 0 amide bonds. The highest BCUT2D eigenvalue weighted by Gasteiger charge is 2.19. The number of nitrogens with zero attached hydrogens (tertiary/aromatic N) is 2. The number of aliphatic hydroxyl groups is 1. The minimum absolute atomic E-state index is 0.343. The molecule has 1 aliphatic carbocycles. The summed E-state index contributed by atoms with van der Waals surface area (Å²) in [6.07, 6.45) is 4.11. The maximum absolute atomic E-state index is 10.0. The minimum Gasteiger partial charge on any atom is -0.389 e. The summed E-state index contributed by atoms with van der Waals surface area (Å²) in [5, 5.41) is 10.0. The fourth-order valence-electron chi connectivity index (χ4n) is 2.60. The second kappa shape index (κ2) is 7.03. The van der Waals surface area contributed by atoms with Crippen molar-refractivity contribution < 1.29 is 14.6 Å². The molecule has 0 spiro atoms. The molecule has 2 rings (SSSR count). The molecular formula is C14H24N2O3. The van der Waals surface area contributed by atoms with Crippen molar-refractivity contribution in [3.63, 3.8) is 0 Å². The van der Waals surface area contributed by atoms with Gasteiger partial charge in [-0.2, -0.15) is 0 Å². The predicted octanol–water partition coefficient (Wildman–Crippen LogP) is 1.09. The summed E-state index contributed by atoms with van der Waals surface area (Å²) in [7, 11) is 1.64. The monoisotopic (exact) mass is 268 g/mol. The molecule has 5 heteroatoms. The largest absolute Gasteiger partial charge is 0.389 e. The quantitative estimate of drug-likeness (QED) is 0.752. The van der Waals surface area contributed by atoms with Gasteiger partial charge in [-0.3, -0.25) is 0 Å². The van der Waals surface area contributed by atoms with E-state index in [1.807, 2.05) is 6.92 Å². The van der Waals surface area contributed by atoms with Gasteiger partial charge in [0.1, 0.15) is 5.82 Å². The van der Waals surface area contributed by atoms with Gasteiger partial charge in [0.05, 0.1) is 38.2 Å². The molecule has 0 aromatic carbocycles. The summed E-state index contributed by atoms with van der Waals surface area (Å²) in [5.74, 6) is 1.00. The molecule has 0 radical (unpaired) electrons. The molecule has 0 saturated heterocycles. The Balaban J connectivity index is 1.89. The van der Waals surface area contributed by atoms with Crippen molar-refractivity contribution in [1.29, 1.82) is 0 Å². The van der Waals surface area contributed by atoms with Crippen LogP contribution >= 0.6 is 0 Å². The molecule has 1 atom stereocenters. The van der Waals surface area contributed by atoms with E-state index in [0.29, 0.717) is 26.4 Å². The van der Waals surface area contributed by atoms with Crippen LogP contribution in [-0.4, -0.2) is 47.7 Å². The molecule has 5 nitrogen and oxygen atoms in total. The average Bonchev–Trinajstić information content (AvgIpc) is 2.72. The predicted molar refractivity (Wildman–Crippen MR) is 72.3 cm³/mol. The topological polar surface area (TPSA) is 56.5 Å². The van der Waals surface area contributed by atoms with Gasteiger partial charge in [0, 0.05) is 12.8 Å². The van der Waals surface area contributed by atoms with Crippen molar-refractivity contribution in [2.45, 2.75) is 45.3 Å². The maximum atomic E-state index is 10.0. The van der Waals surface area contributed by atoms with Crippen molar-refractivity contribution in [3.8, 4) is 0 Å². The molecule has 1 aromatic heterocycles. The Labute approximate surface area is 114 Å². The molecule has 0 bridgehead atoms. The fourth-order valence-corrected chi connectivity index (χ4v) is 2.60. The van der Waals surface area contributed by atoms with Gasteiger partial charge < -0.3 is 19.1 Å². The Morgan fingerprint density at radius 2 is 2.11 bits per heavy atom. The molecule has 0 fully saturated rings. The summed E-state index contributed by atoms with van der Waals surface area (Å²) in [5.41, 5.74) is 2.52. The Morgan fingerprint density at radius 1 is 1.32 bits per heavy atom. The number of aromatic nitrogens is 2. The number of fused-ring (bicyclic) bond motifs is 1. The third-order valence-electron chi connectivity index (χ3n) is 3.56. The lowest BCUT2D eigenvalue weighted by atomic mass is 10.0. The van der Waals surface area contributed by atoms with Gasteiger partial charge in [-0.15, -0.1) is 0 Å². The highest BCUT2D eigenvalue weighted by molar-refractivity contribution is 5.20. The number of aliphatic hydroxyl groups excluding tert-OH is 1. The molecule has 1 aromatic rings. The number of hydrogen-bond acceptors (Lipinski definition) is 4. The second-order valence-corrected chi connectivity index (χ2v) is 5.09. The summed E-state index contributed by atoms with van der Waals surface area (Å²) in [6, 6.07) is 0. The molecule has 0 saturated carbocycles. The molecule has 0 aliphatic heterocycles. The zero-order valence-corrected chi connectivity index (χ0v) is 11.9. The highest BCUT2D eigenvalue weighted by atomic mass is 16.5. The zero-order valence-electron chi connectivity index (χ0n) is 11.9. The van der Waals surface area contributed by atoms with Crippen LogP contribution in [0.3, 0.4) is 0 Å². The van der Waals surface area contributed by atoms with E-state index in [9.17, 15) is 5.11 Å². The Hall–Kier alpha value is -0.910. The van der Waals surface area contributed by atoms with Gasteiger partial charge in [0.2, 0.25) is 0 Å². The van der Waals surface area contributed by atoms with E-state index in [1.54, 1.807) is 7.11 Å². The lowest BCUT2D eigenvalue weighted by molar-refractivity contribution is 0.00673. The molecule has 1 aliphatic rings. The number of aryl methyl sites for hydroxylation is 2. The van der Waals surface area contributed by atoms with Crippen molar-refractivity contribution >= 4 is 0 Å². The van der Waals surface area contributed by atoms with E-state index in [2.05, 4.69) is 9.55 Å². The molecule has 1 N–H and O–H groups in total. The first kappa shape index (κ1) is 14.5. The van der Waals surface area contributed by atoms with Gasteiger partial charge in [-0.1, -0.05) is 0 Å². The summed E-state index contributed by atoms with van der Waals surface area (Å²) >= 11 is 0. The van der Waals surface area contributed by atoms with Gasteiger partial charge in [0.25, 0.3) is 0 Å². The van der Waals surface area contributed by atoms with Crippen LogP contribution in [0, 0.1) is 6.92 Å². The Morgan fingerprint density at radius 3 is 2.89 bits per heavy atom. The van der Waals surface area contributed by atoms with Crippen LogP contribution in [0.25, 0.3) is 0 Å². The molecule has 108 valence electrons. The van der Waals surface area contributed by atoms with E-state index in [1.165, 1.54) is 24.2 Å². The first-order valence-corrected chi connectivity index (χ1v) is 7.02. The van der Waals surface area contributed by atoms with Crippen LogP contribution in [0.15, 0.2) is 0 Å². The number of rotatable bonds is 7. The molecular weight excluding hydrogens is 244 g/mol. The summed E-state index contributed by atoms with van der Waals surface area (Å²) in [4.78, 5) is 4.60. The van der Waals surface area contributed by atoms with Crippen molar-refractivity contribution in [2.75, 3.05) is 26.9 Å². The third-order valence-corrected chi connectivity index (χ3v) is 3.56. The lowest BCUT2D eigenvalue weighted by Crippen LogP contribution is -2.25. The molecule has 1 heterocycles. The van der Waals surface area contributed by atoms with Gasteiger partial charge in [0.15, 0.2) is 0 Å². The smallest absolute Gasteiger partial charge is 0.106 e. The van der Waals surface area contributed by atoms with E-state index >= 15 is 0 Å². The van der Waals surface area contributed by atoms with E-state index in [0.717, 1.165) is 18.7 Å². The highest BCUT2D eigenvalue weighted by Crippen LogP contribution is 2.22. The standard InChI is InChI=1S/C14H24N2O3/c1-11-15-13-5-3-4-6-14(13)16(11)9-12(17)10-19-8-7-18-2/h12,17H,3-10H2,1-2H3. The van der Waals surface area contributed by atoms with Crippen LogP contribution in [0.1, 0.15) is 30.1 Å². The van der Waals surface area contributed by atoms with Crippen molar-refractivity contribution in [1.82, 2.24) is 9.55 Å². The number of hydrogen-bond donors (Lipinski definition) is 1. The van der Waals surface area contributed by atoms with Gasteiger partial charge in [-0.25, -0.2) is 4.98 Å². The normalized spacial score (nSPS) is 16.4. The molecule has 19 heavy (non-hydrogen) atoms. The van der Waals surface area contributed by atoms with E-state index < -0.39 is 6.10 Å². The van der Waals surface area contributed by atoms with Crippen LogP contribution in [-0.2, 0) is 28.9 Å². The van der Waals surface area contributed by atoms with Crippen molar-refractivity contribution in [2.24, 2.45) is 0 Å². The van der Waals surface area contributed by atoms with Crippen LogP contribution in [0.4, 0.5) is 0 Å². The Bertz CT molecular complexity index is 404. The second-order valence-electron chi connectivity index (χ2n) is 5.09. The third kappa shape index (κ3) is 3.78. The number of ether oxygens (including phenoxy) is 2. The average molecular weight is 268 g/mol. The first-order valence-electron chi connectivity index (χ1n) is 7.02. The summed E-state index contributed by atoms with van der Waals surface area (Å²) in [6.45, 7) is 4.01. The van der Waals surface area contributed by atoms with Crippen molar-refractivity contribution in [3.05, 3.63) is 17.2 Å². The minimum atomic E-state index is -0.490. The lowest BCUT2D eigenvalue weighted by Gasteiger charge is -2.18. The van der Waals surface area contributed by atoms with E-state index in [-0.39, 0.29) is 0 Å². The van der Waals surface area contributed by atoms with Gasteiger partial charge in [-0.05, 0) is 32.6 Å². The van der Waals surface area contributed by atoms with Gasteiger partial charge >= 0.3 is 0 Å². The first-order chi connectivity index (χ1) is 9.22. The SMILES string of the molecule is COCCOCC(O)Cn1c(C)nc2c1CCCC2. The zero-order chi connectivity index (χ0) is 13.7. The molecule has 1 unspecified atom stereocenters. The summed E-state index contributed by atoms with van der Waals surface area (Å²) < 4.78 is 12.4. The van der Waals surface area contributed by atoms with E-state index in [4.69, 9.17) is 9.47 Å². The number of methoxy groups -OCH3 is 1. The van der Waals surface area contributed by atoms with Crippen LogP contribution in [0.5, 0.6) is 0 Å². The van der Waals surface area contributed by atoms with Crippen LogP contribution in [0.2, 0.25) is 0 Å².